The lowest BCUT2D eigenvalue weighted by Gasteiger charge is -2.16. The first-order valence-electron chi connectivity index (χ1n) is 9.18. The predicted octanol–water partition coefficient (Wildman–Crippen LogP) is 8.23. The maximum absolute atomic E-state index is 14.6. The SMILES string of the molecule is Fc1cc(-c2cccc3ccccc23)c(-c2cccc3ccccc23)cc1Br. The van der Waals surface area contributed by atoms with Crippen molar-refractivity contribution in [1.82, 2.24) is 0 Å². The Hall–Kier alpha value is -2.97. The summed E-state index contributed by atoms with van der Waals surface area (Å²) < 4.78 is 15.1. The monoisotopic (exact) mass is 426 g/mol. The van der Waals surface area contributed by atoms with Crippen molar-refractivity contribution in [2.45, 2.75) is 0 Å². The van der Waals surface area contributed by atoms with E-state index in [0.29, 0.717) is 4.47 Å². The smallest absolute Gasteiger partial charge is 0.138 e. The van der Waals surface area contributed by atoms with Gasteiger partial charge in [0.05, 0.1) is 4.47 Å². The molecule has 0 saturated heterocycles. The van der Waals surface area contributed by atoms with Crippen molar-refractivity contribution in [3.8, 4) is 22.3 Å². The van der Waals surface area contributed by atoms with Crippen molar-refractivity contribution in [1.29, 1.82) is 0 Å². The van der Waals surface area contributed by atoms with Gasteiger partial charge >= 0.3 is 0 Å². The summed E-state index contributed by atoms with van der Waals surface area (Å²) in [5, 5.41) is 4.59. The maximum Gasteiger partial charge on any atom is 0.138 e. The van der Waals surface area contributed by atoms with Crippen LogP contribution < -0.4 is 0 Å². The highest BCUT2D eigenvalue weighted by Crippen LogP contribution is 2.41. The van der Waals surface area contributed by atoms with Crippen LogP contribution in [0.15, 0.2) is 102 Å². The average Bonchev–Trinajstić information content (AvgIpc) is 2.74. The van der Waals surface area contributed by atoms with Crippen LogP contribution in [0.25, 0.3) is 43.8 Å². The van der Waals surface area contributed by atoms with Crippen LogP contribution in [-0.2, 0) is 0 Å². The summed E-state index contributed by atoms with van der Waals surface area (Å²) in [4.78, 5) is 0. The minimum atomic E-state index is -0.257. The molecule has 2 heteroatoms. The van der Waals surface area contributed by atoms with Gasteiger partial charge in [-0.25, -0.2) is 4.39 Å². The van der Waals surface area contributed by atoms with E-state index >= 15 is 0 Å². The van der Waals surface area contributed by atoms with Crippen LogP contribution >= 0.6 is 15.9 Å². The molecule has 0 heterocycles. The van der Waals surface area contributed by atoms with Gasteiger partial charge in [-0.2, -0.15) is 0 Å². The first-order valence-corrected chi connectivity index (χ1v) is 9.97. The Balaban J connectivity index is 1.88. The number of fused-ring (bicyclic) bond motifs is 2. The summed E-state index contributed by atoms with van der Waals surface area (Å²) in [7, 11) is 0. The zero-order valence-corrected chi connectivity index (χ0v) is 16.6. The average molecular weight is 427 g/mol. The van der Waals surface area contributed by atoms with Crippen LogP contribution in [-0.4, -0.2) is 0 Å². The fraction of sp³-hybridized carbons (Fsp3) is 0. The normalized spacial score (nSPS) is 11.2. The van der Waals surface area contributed by atoms with E-state index in [1.807, 2.05) is 36.4 Å². The van der Waals surface area contributed by atoms with E-state index in [4.69, 9.17) is 0 Å². The van der Waals surface area contributed by atoms with Gasteiger partial charge in [0.1, 0.15) is 5.82 Å². The molecule has 0 saturated carbocycles. The minimum absolute atomic E-state index is 0.257. The van der Waals surface area contributed by atoms with E-state index < -0.39 is 0 Å². The second-order valence-corrected chi connectivity index (χ2v) is 7.72. The lowest BCUT2D eigenvalue weighted by atomic mass is 9.89. The number of rotatable bonds is 2. The van der Waals surface area contributed by atoms with Crippen LogP contribution in [0.2, 0.25) is 0 Å². The highest BCUT2D eigenvalue weighted by Gasteiger charge is 2.15. The molecule has 0 aliphatic rings. The Morgan fingerprint density at radius 3 is 1.54 bits per heavy atom. The first-order chi connectivity index (χ1) is 13.7. The highest BCUT2D eigenvalue weighted by molar-refractivity contribution is 9.10. The van der Waals surface area contributed by atoms with Crippen molar-refractivity contribution in [3.63, 3.8) is 0 Å². The van der Waals surface area contributed by atoms with E-state index in [1.165, 1.54) is 5.39 Å². The number of benzene rings is 5. The summed E-state index contributed by atoms with van der Waals surface area (Å²) in [6.45, 7) is 0. The molecule has 0 bridgehead atoms. The van der Waals surface area contributed by atoms with Gasteiger partial charge in [0.2, 0.25) is 0 Å². The van der Waals surface area contributed by atoms with Crippen molar-refractivity contribution in [2.75, 3.05) is 0 Å². The molecule has 28 heavy (non-hydrogen) atoms. The predicted molar refractivity (Wildman–Crippen MR) is 120 cm³/mol. The molecule has 0 spiro atoms. The van der Waals surface area contributed by atoms with Gasteiger partial charge in [-0.3, -0.25) is 0 Å². The summed E-state index contributed by atoms with van der Waals surface area (Å²) in [5.74, 6) is -0.257. The molecule has 0 aliphatic heterocycles. The molecule has 5 rings (SSSR count). The van der Waals surface area contributed by atoms with Crippen LogP contribution in [0, 0.1) is 5.82 Å². The largest absolute Gasteiger partial charge is 0.206 e. The number of hydrogen-bond donors (Lipinski definition) is 0. The molecule has 0 aliphatic carbocycles. The zero-order chi connectivity index (χ0) is 19.1. The van der Waals surface area contributed by atoms with Gasteiger partial charge in [0, 0.05) is 0 Å². The second-order valence-electron chi connectivity index (χ2n) is 6.87. The van der Waals surface area contributed by atoms with Gasteiger partial charge in [-0.1, -0.05) is 84.9 Å². The Morgan fingerprint density at radius 2 is 0.964 bits per heavy atom. The van der Waals surface area contributed by atoms with Gasteiger partial charge < -0.3 is 0 Å². The molecule has 134 valence electrons. The Morgan fingerprint density at radius 1 is 0.500 bits per heavy atom. The standard InChI is InChI=1S/C26H16BrF/c27-25-15-23(21-13-5-9-17-7-1-3-11-19(17)21)24(16-26(25)28)22-14-6-10-18-8-2-4-12-20(18)22/h1-16H. The van der Waals surface area contributed by atoms with Gasteiger partial charge in [-0.05, 0) is 71.9 Å². The molecule has 0 radical (unpaired) electrons. The molecule has 0 N–H and O–H groups in total. The topological polar surface area (TPSA) is 0 Å². The summed E-state index contributed by atoms with van der Waals surface area (Å²) in [6, 6.07) is 32.5. The van der Waals surface area contributed by atoms with Gasteiger partial charge in [0.25, 0.3) is 0 Å². The molecular weight excluding hydrogens is 411 g/mol. The fourth-order valence-corrected chi connectivity index (χ4v) is 4.26. The minimum Gasteiger partial charge on any atom is -0.206 e. The molecule has 0 unspecified atom stereocenters. The maximum atomic E-state index is 14.6. The van der Waals surface area contributed by atoms with Crippen molar-refractivity contribution >= 4 is 37.5 Å². The molecule has 0 nitrogen and oxygen atoms in total. The molecular formula is C26H16BrF. The van der Waals surface area contributed by atoms with Crippen LogP contribution in [0.3, 0.4) is 0 Å². The van der Waals surface area contributed by atoms with E-state index in [1.54, 1.807) is 6.07 Å². The van der Waals surface area contributed by atoms with Crippen molar-refractivity contribution in [3.05, 3.63) is 107 Å². The quantitative estimate of drug-likeness (QED) is 0.266. The molecule has 0 fully saturated rings. The second kappa shape index (κ2) is 6.88. The van der Waals surface area contributed by atoms with Crippen LogP contribution in [0.4, 0.5) is 4.39 Å². The van der Waals surface area contributed by atoms with Crippen molar-refractivity contribution < 1.29 is 4.39 Å². The highest BCUT2D eigenvalue weighted by atomic mass is 79.9. The van der Waals surface area contributed by atoms with Gasteiger partial charge in [-0.15, -0.1) is 0 Å². The molecule has 0 atom stereocenters. The Labute approximate surface area is 171 Å². The van der Waals surface area contributed by atoms with E-state index in [0.717, 1.165) is 38.4 Å². The lowest BCUT2D eigenvalue weighted by molar-refractivity contribution is 0.622. The van der Waals surface area contributed by atoms with Gasteiger partial charge in [0.15, 0.2) is 0 Å². The van der Waals surface area contributed by atoms with Crippen LogP contribution in [0.1, 0.15) is 0 Å². The van der Waals surface area contributed by atoms with E-state index in [9.17, 15) is 4.39 Å². The molecule has 5 aromatic carbocycles. The number of hydrogen-bond acceptors (Lipinski definition) is 0. The summed E-state index contributed by atoms with van der Waals surface area (Å²) >= 11 is 3.39. The fourth-order valence-electron chi connectivity index (χ4n) is 3.91. The lowest BCUT2D eigenvalue weighted by Crippen LogP contribution is -1.91. The zero-order valence-electron chi connectivity index (χ0n) is 15.0. The van der Waals surface area contributed by atoms with Crippen molar-refractivity contribution in [2.24, 2.45) is 0 Å². The Bertz CT molecular complexity index is 1220. The third-order valence-corrected chi connectivity index (χ3v) is 5.83. The molecule has 5 aromatic rings. The third kappa shape index (κ3) is 2.81. The molecule has 0 aromatic heterocycles. The van der Waals surface area contributed by atoms with Crippen LogP contribution in [0.5, 0.6) is 0 Å². The molecule has 0 amide bonds. The summed E-state index contributed by atoms with van der Waals surface area (Å²) in [6.07, 6.45) is 0. The number of halogens is 2. The first kappa shape index (κ1) is 17.2. The summed E-state index contributed by atoms with van der Waals surface area (Å²) in [5.41, 5.74) is 4.05. The third-order valence-electron chi connectivity index (χ3n) is 5.22. The van der Waals surface area contributed by atoms with E-state index in [2.05, 4.69) is 70.5 Å². The Kier molecular flexibility index (Phi) is 4.22. The van der Waals surface area contributed by atoms with E-state index in [-0.39, 0.29) is 5.82 Å².